The predicted molar refractivity (Wildman–Crippen MR) is 70.3 cm³/mol. The molecule has 0 saturated heterocycles. The molecule has 0 radical (unpaired) electrons. The summed E-state index contributed by atoms with van der Waals surface area (Å²) in [5.74, 6) is 1.75. The molecular weight excluding hydrogens is 226 g/mol. The molecule has 0 saturated carbocycles. The molecular formula is C14H15N3O. The zero-order chi connectivity index (χ0) is 12.4. The van der Waals surface area contributed by atoms with E-state index >= 15 is 0 Å². The van der Waals surface area contributed by atoms with Crippen LogP contribution in [0, 0.1) is 0 Å². The summed E-state index contributed by atoms with van der Waals surface area (Å²) in [6, 6.07) is 10.0. The van der Waals surface area contributed by atoms with Gasteiger partial charge in [0, 0.05) is 17.8 Å². The van der Waals surface area contributed by atoms with Crippen LogP contribution in [0.3, 0.4) is 0 Å². The van der Waals surface area contributed by atoms with Gasteiger partial charge in [-0.3, -0.25) is 0 Å². The lowest BCUT2D eigenvalue weighted by atomic mass is 10.2. The molecule has 1 aromatic carbocycles. The number of aromatic amines is 1. The highest BCUT2D eigenvalue weighted by Crippen LogP contribution is 2.26. The Labute approximate surface area is 105 Å². The van der Waals surface area contributed by atoms with Crippen molar-refractivity contribution >= 4 is 11.0 Å². The van der Waals surface area contributed by atoms with E-state index in [1.165, 1.54) is 0 Å². The molecule has 0 aliphatic rings. The highest BCUT2D eigenvalue weighted by atomic mass is 16.3. The van der Waals surface area contributed by atoms with E-state index in [2.05, 4.69) is 28.3 Å². The fraction of sp³-hybridized carbons (Fsp3) is 0.214. The van der Waals surface area contributed by atoms with Crippen LogP contribution < -0.4 is 5.32 Å². The largest absolute Gasteiger partial charge is 0.459 e. The van der Waals surface area contributed by atoms with Crippen molar-refractivity contribution in [3.8, 4) is 0 Å². The second kappa shape index (κ2) is 4.66. The number of benzene rings is 1. The summed E-state index contributed by atoms with van der Waals surface area (Å²) < 4.78 is 5.88. The molecule has 0 aliphatic carbocycles. The molecule has 18 heavy (non-hydrogen) atoms. The lowest BCUT2D eigenvalue weighted by molar-refractivity contribution is 0.466. The minimum atomic E-state index is -0.0302. The third-order valence-electron chi connectivity index (χ3n) is 2.93. The number of furan rings is 1. The van der Waals surface area contributed by atoms with Crippen molar-refractivity contribution < 1.29 is 4.42 Å². The summed E-state index contributed by atoms with van der Waals surface area (Å²) in [5.41, 5.74) is 0.905. The maximum absolute atomic E-state index is 5.88. The van der Waals surface area contributed by atoms with Gasteiger partial charge in [-0.15, -0.1) is 0 Å². The Balaban J connectivity index is 2.04. The molecule has 92 valence electrons. The van der Waals surface area contributed by atoms with E-state index in [-0.39, 0.29) is 6.04 Å². The normalized spacial score (nSPS) is 12.9. The van der Waals surface area contributed by atoms with E-state index in [0.29, 0.717) is 0 Å². The van der Waals surface area contributed by atoms with Crippen molar-refractivity contribution in [2.24, 2.45) is 0 Å². The average molecular weight is 241 g/mol. The summed E-state index contributed by atoms with van der Waals surface area (Å²) in [5, 5.41) is 4.49. The van der Waals surface area contributed by atoms with Crippen LogP contribution in [-0.2, 0) is 0 Å². The van der Waals surface area contributed by atoms with Crippen LogP contribution >= 0.6 is 0 Å². The Hall–Kier alpha value is -2.07. The molecule has 2 N–H and O–H groups in total. The van der Waals surface area contributed by atoms with Crippen LogP contribution in [0.25, 0.3) is 11.0 Å². The van der Waals surface area contributed by atoms with E-state index in [0.717, 1.165) is 29.1 Å². The molecule has 3 rings (SSSR count). The van der Waals surface area contributed by atoms with Crippen molar-refractivity contribution in [3.63, 3.8) is 0 Å². The monoisotopic (exact) mass is 241 g/mol. The molecule has 0 aliphatic heterocycles. The van der Waals surface area contributed by atoms with Crippen molar-refractivity contribution in [2.75, 3.05) is 6.54 Å². The second-order valence-electron chi connectivity index (χ2n) is 4.15. The van der Waals surface area contributed by atoms with Crippen LogP contribution in [0.1, 0.15) is 24.6 Å². The number of hydrogen-bond acceptors (Lipinski definition) is 3. The smallest absolute Gasteiger partial charge is 0.134 e. The summed E-state index contributed by atoms with van der Waals surface area (Å²) in [4.78, 5) is 7.43. The molecule has 0 amide bonds. The van der Waals surface area contributed by atoms with Gasteiger partial charge in [-0.05, 0) is 18.7 Å². The van der Waals surface area contributed by atoms with Gasteiger partial charge in [-0.25, -0.2) is 4.98 Å². The highest BCUT2D eigenvalue weighted by Gasteiger charge is 2.19. The van der Waals surface area contributed by atoms with Gasteiger partial charge in [0.15, 0.2) is 0 Å². The first-order valence-corrected chi connectivity index (χ1v) is 6.09. The van der Waals surface area contributed by atoms with Gasteiger partial charge in [-0.1, -0.05) is 25.1 Å². The first-order valence-electron chi connectivity index (χ1n) is 6.09. The Morgan fingerprint density at radius 1 is 1.39 bits per heavy atom. The van der Waals surface area contributed by atoms with Crippen LogP contribution in [0.4, 0.5) is 0 Å². The summed E-state index contributed by atoms with van der Waals surface area (Å²) in [6.07, 6.45) is 3.57. The molecule has 2 heterocycles. The van der Waals surface area contributed by atoms with Crippen LogP contribution in [-0.4, -0.2) is 16.5 Å². The standard InChI is InChI=1S/C14H15N3O/c1-2-15-13(14-16-7-8-17-14)12-9-10-5-3-4-6-11(10)18-12/h3-9,13,15H,2H2,1H3,(H,16,17). The van der Waals surface area contributed by atoms with Gasteiger partial charge < -0.3 is 14.7 Å². The Morgan fingerprint density at radius 3 is 3.00 bits per heavy atom. The first-order chi connectivity index (χ1) is 8.88. The lowest BCUT2D eigenvalue weighted by Crippen LogP contribution is -2.22. The van der Waals surface area contributed by atoms with Gasteiger partial charge >= 0.3 is 0 Å². The number of para-hydroxylation sites is 1. The van der Waals surface area contributed by atoms with E-state index in [1.807, 2.05) is 30.5 Å². The van der Waals surface area contributed by atoms with E-state index < -0.39 is 0 Å². The molecule has 0 spiro atoms. The maximum atomic E-state index is 5.88. The summed E-state index contributed by atoms with van der Waals surface area (Å²) in [7, 11) is 0. The molecule has 4 nitrogen and oxygen atoms in total. The number of H-pyrrole nitrogens is 1. The number of hydrogen-bond donors (Lipinski definition) is 2. The quantitative estimate of drug-likeness (QED) is 0.738. The van der Waals surface area contributed by atoms with Crippen LogP contribution in [0.5, 0.6) is 0 Å². The fourth-order valence-electron chi connectivity index (χ4n) is 2.12. The van der Waals surface area contributed by atoms with Crippen LogP contribution in [0.15, 0.2) is 47.1 Å². The van der Waals surface area contributed by atoms with Crippen molar-refractivity contribution in [1.29, 1.82) is 0 Å². The van der Waals surface area contributed by atoms with Gasteiger partial charge in [0.2, 0.25) is 0 Å². The first kappa shape index (κ1) is 11.0. The number of nitrogens with one attached hydrogen (secondary N) is 2. The lowest BCUT2D eigenvalue weighted by Gasteiger charge is -2.12. The molecule has 1 unspecified atom stereocenters. The van der Waals surface area contributed by atoms with Gasteiger partial charge in [0.1, 0.15) is 23.2 Å². The SMILES string of the molecule is CCNC(c1ncc[nH]1)c1cc2ccccc2o1. The van der Waals surface area contributed by atoms with Gasteiger partial charge in [0.05, 0.1) is 0 Å². The van der Waals surface area contributed by atoms with E-state index in [4.69, 9.17) is 4.42 Å². The van der Waals surface area contributed by atoms with Crippen molar-refractivity contribution in [2.45, 2.75) is 13.0 Å². The molecule has 4 heteroatoms. The third-order valence-corrected chi connectivity index (χ3v) is 2.93. The number of rotatable bonds is 4. The van der Waals surface area contributed by atoms with E-state index in [1.54, 1.807) is 6.20 Å². The van der Waals surface area contributed by atoms with Crippen LogP contribution in [0.2, 0.25) is 0 Å². The Morgan fingerprint density at radius 2 is 2.28 bits per heavy atom. The fourth-order valence-corrected chi connectivity index (χ4v) is 2.12. The predicted octanol–water partition coefficient (Wildman–Crippen LogP) is 2.85. The minimum Gasteiger partial charge on any atom is -0.459 e. The Bertz CT molecular complexity index is 594. The zero-order valence-corrected chi connectivity index (χ0v) is 10.2. The molecule has 2 aromatic heterocycles. The minimum absolute atomic E-state index is 0.0302. The van der Waals surface area contributed by atoms with Gasteiger partial charge in [-0.2, -0.15) is 0 Å². The molecule has 0 bridgehead atoms. The number of aromatic nitrogens is 2. The number of fused-ring (bicyclic) bond motifs is 1. The highest BCUT2D eigenvalue weighted by molar-refractivity contribution is 5.77. The summed E-state index contributed by atoms with van der Waals surface area (Å²) >= 11 is 0. The number of nitrogens with zero attached hydrogens (tertiary/aromatic N) is 1. The average Bonchev–Trinajstić information content (AvgIpc) is 3.04. The molecule has 3 aromatic rings. The zero-order valence-electron chi connectivity index (χ0n) is 10.2. The Kier molecular flexibility index (Phi) is 2.86. The van der Waals surface area contributed by atoms with Gasteiger partial charge in [0.25, 0.3) is 0 Å². The van der Waals surface area contributed by atoms with Crippen molar-refractivity contribution in [1.82, 2.24) is 15.3 Å². The third kappa shape index (κ3) is 1.91. The van der Waals surface area contributed by atoms with Crippen molar-refractivity contribution in [3.05, 3.63) is 54.3 Å². The summed E-state index contributed by atoms with van der Waals surface area (Å²) in [6.45, 7) is 2.92. The maximum Gasteiger partial charge on any atom is 0.134 e. The topological polar surface area (TPSA) is 53.9 Å². The van der Waals surface area contributed by atoms with E-state index in [9.17, 15) is 0 Å². The molecule has 0 fully saturated rings. The number of imidazole rings is 1. The second-order valence-corrected chi connectivity index (χ2v) is 4.15. The molecule has 1 atom stereocenters.